The minimum absolute atomic E-state index is 0.394. The van der Waals surface area contributed by atoms with E-state index in [2.05, 4.69) is 25.5 Å². The molecule has 0 spiro atoms. The van der Waals surface area contributed by atoms with Gasteiger partial charge in [-0.05, 0) is 35.4 Å². The number of pyridine rings is 1. The van der Waals surface area contributed by atoms with Crippen LogP contribution in [0.4, 0.5) is 5.69 Å². The van der Waals surface area contributed by atoms with Crippen LogP contribution in [0, 0.1) is 0 Å². The first-order valence-corrected chi connectivity index (χ1v) is 8.84. The minimum atomic E-state index is -0.394. The molecule has 0 aliphatic carbocycles. The fraction of sp³-hybridized carbons (Fsp3) is 0.100. The zero-order valence-electron chi connectivity index (χ0n) is 14.4. The summed E-state index contributed by atoms with van der Waals surface area (Å²) in [7, 11) is 0. The van der Waals surface area contributed by atoms with Gasteiger partial charge in [0.1, 0.15) is 0 Å². The van der Waals surface area contributed by atoms with Gasteiger partial charge < -0.3 is 11.1 Å². The van der Waals surface area contributed by atoms with Crippen LogP contribution < -0.4 is 11.1 Å². The predicted octanol–water partition coefficient (Wildman–Crippen LogP) is 3.73. The molecule has 0 fully saturated rings. The zero-order chi connectivity index (χ0) is 18.6. The van der Waals surface area contributed by atoms with Gasteiger partial charge in [0.25, 0.3) is 0 Å². The second-order valence-electron chi connectivity index (χ2n) is 6.09. The number of nitrogens with one attached hydrogen (secondary N) is 1. The highest BCUT2D eigenvalue weighted by Gasteiger charge is 2.12. The van der Waals surface area contributed by atoms with Gasteiger partial charge in [-0.1, -0.05) is 35.9 Å². The van der Waals surface area contributed by atoms with Crippen LogP contribution in [-0.2, 0) is 6.54 Å². The van der Waals surface area contributed by atoms with Crippen molar-refractivity contribution in [2.24, 2.45) is 5.73 Å². The van der Waals surface area contributed by atoms with Crippen molar-refractivity contribution in [2.75, 3.05) is 5.32 Å². The van der Waals surface area contributed by atoms with Crippen molar-refractivity contribution >= 4 is 28.2 Å². The molecule has 4 aromatic rings. The van der Waals surface area contributed by atoms with Crippen LogP contribution in [0.25, 0.3) is 10.9 Å². The van der Waals surface area contributed by atoms with Crippen molar-refractivity contribution in [3.05, 3.63) is 89.1 Å². The predicted molar refractivity (Wildman–Crippen MR) is 106 cm³/mol. The van der Waals surface area contributed by atoms with Gasteiger partial charge in [0.2, 0.25) is 0 Å². The molecule has 2 heterocycles. The van der Waals surface area contributed by atoms with E-state index in [0.29, 0.717) is 17.4 Å². The van der Waals surface area contributed by atoms with E-state index in [1.54, 1.807) is 12.4 Å². The van der Waals surface area contributed by atoms with E-state index < -0.39 is 6.04 Å². The maximum atomic E-state index is 6.21. The van der Waals surface area contributed by atoms with Crippen LogP contribution in [-0.4, -0.2) is 20.2 Å². The molecule has 134 valence electrons. The lowest BCUT2D eigenvalue weighted by atomic mass is 10.0. The van der Waals surface area contributed by atoms with E-state index in [9.17, 15) is 0 Å². The number of aromatic nitrogens is 4. The van der Waals surface area contributed by atoms with E-state index in [0.717, 1.165) is 27.7 Å². The Balaban J connectivity index is 1.48. The molecule has 6 nitrogen and oxygen atoms in total. The Bertz CT molecular complexity index is 1050. The SMILES string of the molecule is NC(c1ccc(CNc2ccnc3cc(Cl)ccc23)cc1)c1nccnn1. The summed E-state index contributed by atoms with van der Waals surface area (Å²) in [5.41, 5.74) is 10.2. The van der Waals surface area contributed by atoms with Crippen LogP contribution in [0.1, 0.15) is 23.0 Å². The third kappa shape index (κ3) is 3.86. The van der Waals surface area contributed by atoms with Crippen LogP contribution in [0.5, 0.6) is 0 Å². The molecule has 0 aliphatic rings. The third-order valence-electron chi connectivity index (χ3n) is 4.31. The monoisotopic (exact) mass is 376 g/mol. The average molecular weight is 377 g/mol. The standard InChI is InChI=1S/C20H17ClN6/c21-15-5-6-16-17(7-8-23-18(16)11-15)25-12-13-1-3-14(4-2-13)19(22)20-24-9-10-26-27-20/h1-11,19H,12,22H2,(H,23,25). The van der Waals surface area contributed by atoms with Crippen LogP contribution >= 0.6 is 11.6 Å². The number of anilines is 1. The average Bonchev–Trinajstić information content (AvgIpc) is 2.72. The highest BCUT2D eigenvalue weighted by atomic mass is 35.5. The van der Waals surface area contributed by atoms with Crippen molar-refractivity contribution in [3.8, 4) is 0 Å². The minimum Gasteiger partial charge on any atom is -0.380 e. The molecular weight excluding hydrogens is 360 g/mol. The van der Waals surface area contributed by atoms with E-state index >= 15 is 0 Å². The summed E-state index contributed by atoms with van der Waals surface area (Å²) in [5, 5.41) is 13.0. The molecule has 1 unspecified atom stereocenters. The topological polar surface area (TPSA) is 89.6 Å². The van der Waals surface area contributed by atoms with Crippen molar-refractivity contribution in [2.45, 2.75) is 12.6 Å². The van der Waals surface area contributed by atoms with Gasteiger partial charge in [-0.25, -0.2) is 4.98 Å². The Hall–Kier alpha value is -3.09. The van der Waals surface area contributed by atoms with E-state index in [-0.39, 0.29) is 0 Å². The van der Waals surface area contributed by atoms with E-state index in [1.807, 2.05) is 48.5 Å². The summed E-state index contributed by atoms with van der Waals surface area (Å²) in [5.74, 6) is 0.505. The molecule has 0 aliphatic heterocycles. The molecule has 4 rings (SSSR count). The number of nitrogens with zero attached hydrogens (tertiary/aromatic N) is 4. The maximum absolute atomic E-state index is 6.21. The Labute approximate surface area is 161 Å². The van der Waals surface area contributed by atoms with Gasteiger partial charge >= 0.3 is 0 Å². The number of rotatable bonds is 5. The van der Waals surface area contributed by atoms with Crippen LogP contribution in [0.15, 0.2) is 67.1 Å². The molecule has 2 aromatic heterocycles. The molecule has 1 atom stereocenters. The number of benzene rings is 2. The van der Waals surface area contributed by atoms with E-state index in [4.69, 9.17) is 17.3 Å². The summed E-state index contributed by atoms with van der Waals surface area (Å²) >= 11 is 6.05. The molecule has 3 N–H and O–H groups in total. The number of nitrogens with two attached hydrogens (primary N) is 1. The lowest BCUT2D eigenvalue weighted by Crippen LogP contribution is -2.15. The Morgan fingerprint density at radius 3 is 2.59 bits per heavy atom. The highest BCUT2D eigenvalue weighted by Crippen LogP contribution is 2.25. The lowest BCUT2D eigenvalue weighted by Gasteiger charge is -2.12. The van der Waals surface area contributed by atoms with Crippen molar-refractivity contribution in [1.29, 1.82) is 0 Å². The summed E-state index contributed by atoms with van der Waals surface area (Å²) in [4.78, 5) is 8.52. The molecule has 27 heavy (non-hydrogen) atoms. The van der Waals surface area contributed by atoms with Gasteiger partial charge in [-0.2, -0.15) is 5.10 Å². The Morgan fingerprint density at radius 1 is 0.963 bits per heavy atom. The quantitative estimate of drug-likeness (QED) is 0.551. The van der Waals surface area contributed by atoms with Crippen molar-refractivity contribution < 1.29 is 0 Å². The fourth-order valence-corrected chi connectivity index (χ4v) is 3.03. The molecule has 0 amide bonds. The van der Waals surface area contributed by atoms with Gasteiger partial charge in [-0.3, -0.25) is 4.98 Å². The summed E-state index contributed by atoms with van der Waals surface area (Å²) < 4.78 is 0. The Morgan fingerprint density at radius 2 is 1.81 bits per heavy atom. The molecule has 2 aromatic carbocycles. The first-order chi connectivity index (χ1) is 13.2. The third-order valence-corrected chi connectivity index (χ3v) is 4.54. The molecule has 0 radical (unpaired) electrons. The highest BCUT2D eigenvalue weighted by molar-refractivity contribution is 6.31. The summed E-state index contributed by atoms with van der Waals surface area (Å²) in [6.07, 6.45) is 4.89. The number of hydrogen-bond acceptors (Lipinski definition) is 6. The second-order valence-corrected chi connectivity index (χ2v) is 6.53. The molecule has 0 saturated heterocycles. The summed E-state index contributed by atoms with van der Waals surface area (Å²) in [6.45, 7) is 0.681. The normalized spacial score (nSPS) is 12.1. The van der Waals surface area contributed by atoms with Crippen molar-refractivity contribution in [1.82, 2.24) is 20.2 Å². The number of fused-ring (bicyclic) bond motifs is 1. The smallest absolute Gasteiger partial charge is 0.172 e. The first kappa shape index (κ1) is 17.3. The molecule has 0 saturated carbocycles. The van der Waals surface area contributed by atoms with Crippen LogP contribution in [0.3, 0.4) is 0 Å². The van der Waals surface area contributed by atoms with Gasteiger partial charge in [-0.15, -0.1) is 5.10 Å². The Kier molecular flexibility index (Phi) is 4.91. The lowest BCUT2D eigenvalue weighted by molar-refractivity contribution is 0.741. The molecule has 0 bridgehead atoms. The van der Waals surface area contributed by atoms with Crippen LogP contribution in [0.2, 0.25) is 5.02 Å². The fourth-order valence-electron chi connectivity index (χ4n) is 2.86. The largest absolute Gasteiger partial charge is 0.380 e. The number of halogens is 1. The maximum Gasteiger partial charge on any atom is 0.172 e. The summed E-state index contributed by atoms with van der Waals surface area (Å²) in [6, 6.07) is 15.3. The molecule has 7 heteroatoms. The first-order valence-electron chi connectivity index (χ1n) is 8.47. The van der Waals surface area contributed by atoms with Gasteiger partial charge in [0, 0.05) is 35.0 Å². The van der Waals surface area contributed by atoms with E-state index in [1.165, 1.54) is 6.20 Å². The molecular formula is C20H17ClN6. The zero-order valence-corrected chi connectivity index (χ0v) is 15.1. The van der Waals surface area contributed by atoms with Gasteiger partial charge in [0.05, 0.1) is 17.8 Å². The second kappa shape index (κ2) is 7.65. The van der Waals surface area contributed by atoms with Gasteiger partial charge in [0.15, 0.2) is 5.82 Å². The van der Waals surface area contributed by atoms with Crippen molar-refractivity contribution in [3.63, 3.8) is 0 Å². The number of hydrogen-bond donors (Lipinski definition) is 2.